The van der Waals surface area contributed by atoms with Gasteiger partial charge < -0.3 is 4.90 Å². The van der Waals surface area contributed by atoms with E-state index < -0.39 is 0 Å². The monoisotopic (exact) mass is 725 g/mol. The van der Waals surface area contributed by atoms with E-state index in [4.69, 9.17) is 0 Å². The minimum Gasteiger partial charge on any atom is -0.310 e. The third kappa shape index (κ3) is 6.66. The third-order valence-electron chi connectivity index (χ3n) is 11.1. The highest BCUT2D eigenvalue weighted by Crippen LogP contribution is 2.44. The van der Waals surface area contributed by atoms with Crippen molar-refractivity contribution in [1.82, 2.24) is 0 Å². The summed E-state index contributed by atoms with van der Waals surface area (Å²) in [4.78, 5) is 2.41. The van der Waals surface area contributed by atoms with Crippen molar-refractivity contribution in [2.45, 2.75) is 0 Å². The topological polar surface area (TPSA) is 3.24 Å². The Kier molecular flexibility index (Phi) is 8.95. The lowest BCUT2D eigenvalue weighted by molar-refractivity contribution is 1.30. The van der Waals surface area contributed by atoms with Gasteiger partial charge in [0.25, 0.3) is 0 Å². The van der Waals surface area contributed by atoms with Crippen molar-refractivity contribution in [2.24, 2.45) is 0 Å². The third-order valence-corrected chi connectivity index (χ3v) is 11.1. The molecule has 0 amide bonds. The van der Waals surface area contributed by atoms with Gasteiger partial charge >= 0.3 is 0 Å². The number of hydrogen-bond acceptors (Lipinski definition) is 1. The molecule has 57 heavy (non-hydrogen) atoms. The van der Waals surface area contributed by atoms with Gasteiger partial charge in [0, 0.05) is 16.8 Å². The Hall–Kier alpha value is -7.48. The largest absolute Gasteiger partial charge is 0.310 e. The van der Waals surface area contributed by atoms with Gasteiger partial charge in [0.15, 0.2) is 0 Å². The van der Waals surface area contributed by atoms with E-state index in [-0.39, 0.29) is 0 Å². The lowest BCUT2D eigenvalue weighted by atomic mass is 9.90. The molecule has 0 aliphatic heterocycles. The van der Waals surface area contributed by atoms with Gasteiger partial charge in [-0.1, -0.05) is 200 Å². The molecular formula is C56H39N. The van der Waals surface area contributed by atoms with Crippen LogP contribution in [0.3, 0.4) is 0 Å². The number of rotatable bonds is 8. The van der Waals surface area contributed by atoms with Crippen LogP contribution in [0.25, 0.3) is 77.2 Å². The van der Waals surface area contributed by atoms with Crippen LogP contribution in [0.2, 0.25) is 0 Å². The van der Waals surface area contributed by atoms with E-state index in [1.807, 2.05) is 0 Å². The van der Waals surface area contributed by atoms with Gasteiger partial charge in [0.2, 0.25) is 0 Å². The smallest absolute Gasteiger partial charge is 0.0546 e. The highest BCUT2D eigenvalue weighted by atomic mass is 15.1. The molecular weight excluding hydrogens is 687 g/mol. The second kappa shape index (κ2) is 15.0. The zero-order chi connectivity index (χ0) is 38.0. The molecule has 0 aliphatic rings. The van der Waals surface area contributed by atoms with Crippen LogP contribution in [-0.4, -0.2) is 0 Å². The first-order valence-corrected chi connectivity index (χ1v) is 19.6. The van der Waals surface area contributed by atoms with E-state index in [1.54, 1.807) is 0 Å². The van der Waals surface area contributed by atoms with E-state index in [9.17, 15) is 0 Å². The molecule has 0 spiro atoms. The Balaban J connectivity index is 1.11. The Morgan fingerprint density at radius 1 is 0.228 bits per heavy atom. The zero-order valence-electron chi connectivity index (χ0n) is 31.5. The molecule has 1 heteroatoms. The molecule has 0 saturated carbocycles. The number of fused-ring (bicyclic) bond motifs is 3. The highest BCUT2D eigenvalue weighted by Gasteiger charge is 2.19. The van der Waals surface area contributed by atoms with E-state index in [1.165, 1.54) is 77.2 Å². The van der Waals surface area contributed by atoms with Crippen LogP contribution >= 0.6 is 0 Å². The van der Waals surface area contributed by atoms with Crippen molar-refractivity contribution in [1.29, 1.82) is 0 Å². The van der Waals surface area contributed by atoms with Crippen LogP contribution in [0.5, 0.6) is 0 Å². The second-order valence-corrected chi connectivity index (χ2v) is 14.5. The minimum atomic E-state index is 1.10. The van der Waals surface area contributed by atoms with Crippen LogP contribution < -0.4 is 4.90 Å². The Bertz CT molecular complexity index is 2950. The molecule has 0 fully saturated rings. The van der Waals surface area contributed by atoms with Gasteiger partial charge in [-0.15, -0.1) is 0 Å². The molecule has 10 rings (SSSR count). The molecule has 268 valence electrons. The number of hydrogen-bond donors (Lipinski definition) is 0. The maximum atomic E-state index is 2.41. The summed E-state index contributed by atoms with van der Waals surface area (Å²) in [6.45, 7) is 0. The Labute approximate surface area is 334 Å². The minimum absolute atomic E-state index is 1.10. The first kappa shape index (κ1) is 34.0. The number of anilines is 3. The van der Waals surface area contributed by atoms with Gasteiger partial charge in [0.05, 0.1) is 5.69 Å². The van der Waals surface area contributed by atoms with Crippen molar-refractivity contribution in [2.75, 3.05) is 4.90 Å². The maximum absolute atomic E-state index is 2.41. The summed E-state index contributed by atoms with van der Waals surface area (Å²) in [6, 6.07) is 85.6. The van der Waals surface area contributed by atoms with Crippen molar-refractivity contribution >= 4 is 38.6 Å². The van der Waals surface area contributed by atoms with Crippen molar-refractivity contribution < 1.29 is 0 Å². The summed E-state index contributed by atoms with van der Waals surface area (Å²) in [5, 5.41) is 4.93. The number of benzene rings is 10. The quantitative estimate of drug-likeness (QED) is 0.141. The molecule has 10 aromatic rings. The summed E-state index contributed by atoms with van der Waals surface area (Å²) in [5.74, 6) is 0. The molecule has 0 aromatic heterocycles. The average Bonchev–Trinajstić information content (AvgIpc) is 3.30. The molecule has 0 aliphatic carbocycles. The lowest BCUT2D eigenvalue weighted by Gasteiger charge is -2.28. The molecule has 0 radical (unpaired) electrons. The predicted molar refractivity (Wildman–Crippen MR) is 243 cm³/mol. The van der Waals surface area contributed by atoms with E-state index >= 15 is 0 Å². The summed E-state index contributed by atoms with van der Waals surface area (Å²) >= 11 is 0. The van der Waals surface area contributed by atoms with E-state index in [0.717, 1.165) is 17.1 Å². The fourth-order valence-electron chi connectivity index (χ4n) is 8.19. The summed E-state index contributed by atoms with van der Waals surface area (Å²) in [7, 11) is 0. The van der Waals surface area contributed by atoms with Gasteiger partial charge in [0.1, 0.15) is 0 Å². The van der Waals surface area contributed by atoms with Crippen LogP contribution in [-0.2, 0) is 0 Å². The SMILES string of the molecule is c1ccc(-c2ccc(-c3ccc(-c4ccccc4)cc3-c3ccc(N(c4ccc(-c5ccccc5)cc4)c4cc5ccccc5c5ccccc45)cc3)cc2)cc1. The molecule has 10 aromatic carbocycles. The lowest BCUT2D eigenvalue weighted by Crippen LogP contribution is -2.10. The fraction of sp³-hybridized carbons (Fsp3) is 0. The standard InChI is InChI=1S/C56H39N/c1-4-14-40(15-5-1)43-24-26-45(27-25-43)52-37-32-47(42-18-8-3-9-19-42)38-55(52)46-30-35-50(36-31-46)57(49-33-28-44(29-34-49)41-16-6-2-7-17-41)56-39-48-20-10-11-21-51(48)53-22-12-13-23-54(53)56/h1-39H. The van der Waals surface area contributed by atoms with E-state index in [0.29, 0.717) is 0 Å². The Morgan fingerprint density at radius 3 is 1.19 bits per heavy atom. The first-order chi connectivity index (χ1) is 28.3. The Morgan fingerprint density at radius 2 is 0.614 bits per heavy atom. The highest BCUT2D eigenvalue weighted by molar-refractivity contribution is 6.14. The van der Waals surface area contributed by atoms with Crippen molar-refractivity contribution in [3.8, 4) is 55.6 Å². The number of nitrogens with zero attached hydrogens (tertiary/aromatic N) is 1. The molecule has 0 atom stereocenters. The molecule has 0 bridgehead atoms. The van der Waals surface area contributed by atoms with E-state index in [2.05, 4.69) is 241 Å². The van der Waals surface area contributed by atoms with Crippen LogP contribution in [0.15, 0.2) is 237 Å². The van der Waals surface area contributed by atoms with Crippen LogP contribution in [0, 0.1) is 0 Å². The van der Waals surface area contributed by atoms with Gasteiger partial charge in [-0.25, -0.2) is 0 Å². The van der Waals surface area contributed by atoms with Crippen LogP contribution in [0.1, 0.15) is 0 Å². The average molecular weight is 726 g/mol. The first-order valence-electron chi connectivity index (χ1n) is 19.6. The summed E-state index contributed by atoms with van der Waals surface area (Å²) < 4.78 is 0. The van der Waals surface area contributed by atoms with Crippen LogP contribution in [0.4, 0.5) is 17.1 Å². The molecule has 1 nitrogen and oxygen atoms in total. The second-order valence-electron chi connectivity index (χ2n) is 14.5. The summed E-state index contributed by atoms with van der Waals surface area (Å²) in [5.41, 5.74) is 15.3. The summed E-state index contributed by atoms with van der Waals surface area (Å²) in [6.07, 6.45) is 0. The van der Waals surface area contributed by atoms with Gasteiger partial charge in [-0.3, -0.25) is 0 Å². The maximum Gasteiger partial charge on any atom is 0.0546 e. The molecule has 0 saturated heterocycles. The van der Waals surface area contributed by atoms with Crippen molar-refractivity contribution in [3.05, 3.63) is 237 Å². The fourth-order valence-corrected chi connectivity index (χ4v) is 8.19. The van der Waals surface area contributed by atoms with Crippen molar-refractivity contribution in [3.63, 3.8) is 0 Å². The van der Waals surface area contributed by atoms with Gasteiger partial charge in [-0.05, 0) is 108 Å². The van der Waals surface area contributed by atoms with Gasteiger partial charge in [-0.2, -0.15) is 0 Å². The normalized spacial score (nSPS) is 11.2. The predicted octanol–water partition coefficient (Wildman–Crippen LogP) is 15.8. The molecule has 0 unspecified atom stereocenters. The molecule has 0 N–H and O–H groups in total. The molecule has 0 heterocycles. The zero-order valence-corrected chi connectivity index (χ0v) is 31.5.